The molecule has 1 atom stereocenters. The number of benzene rings is 2. The summed E-state index contributed by atoms with van der Waals surface area (Å²) in [6, 6.07) is 10.3. The Morgan fingerprint density at radius 3 is 2.58 bits per heavy atom. The van der Waals surface area contributed by atoms with Crippen LogP contribution < -0.4 is 10.5 Å². The third-order valence-electron chi connectivity index (χ3n) is 3.11. The Labute approximate surface area is 120 Å². The van der Waals surface area contributed by atoms with Crippen molar-refractivity contribution in [1.29, 1.82) is 0 Å². The van der Waals surface area contributed by atoms with E-state index in [-0.39, 0.29) is 11.8 Å². The number of nitrogens with two attached hydrogens (primary N) is 1. The second-order valence-electron chi connectivity index (χ2n) is 4.37. The van der Waals surface area contributed by atoms with Gasteiger partial charge in [-0.1, -0.05) is 28.1 Å². The van der Waals surface area contributed by atoms with Gasteiger partial charge in [-0.15, -0.1) is 0 Å². The van der Waals surface area contributed by atoms with E-state index < -0.39 is 5.82 Å². The minimum atomic E-state index is -0.400. The Balaban J connectivity index is 2.41. The van der Waals surface area contributed by atoms with Gasteiger partial charge in [-0.2, -0.15) is 0 Å². The monoisotopic (exact) mass is 323 g/mol. The molecular weight excluding hydrogens is 309 g/mol. The molecule has 0 radical (unpaired) electrons. The molecule has 0 aromatic heterocycles. The lowest BCUT2D eigenvalue weighted by Gasteiger charge is -2.16. The lowest BCUT2D eigenvalue weighted by atomic mass is 9.96. The van der Waals surface area contributed by atoms with E-state index in [1.54, 1.807) is 12.1 Å². The van der Waals surface area contributed by atoms with Crippen LogP contribution in [0.2, 0.25) is 0 Å². The van der Waals surface area contributed by atoms with E-state index in [0.29, 0.717) is 0 Å². The van der Waals surface area contributed by atoms with Crippen molar-refractivity contribution < 1.29 is 9.13 Å². The molecule has 0 aliphatic heterocycles. The Hall–Kier alpha value is -1.39. The van der Waals surface area contributed by atoms with Crippen molar-refractivity contribution in [3.63, 3.8) is 0 Å². The van der Waals surface area contributed by atoms with E-state index in [4.69, 9.17) is 10.5 Å². The molecule has 2 N–H and O–H groups in total. The number of hydrogen-bond acceptors (Lipinski definition) is 2. The van der Waals surface area contributed by atoms with Crippen LogP contribution in [0.15, 0.2) is 40.9 Å². The zero-order chi connectivity index (χ0) is 14.0. The first kappa shape index (κ1) is 14.0. The summed E-state index contributed by atoms with van der Waals surface area (Å²) in [6.07, 6.45) is 0. The zero-order valence-electron chi connectivity index (χ0n) is 10.8. The van der Waals surface area contributed by atoms with Crippen LogP contribution in [-0.4, -0.2) is 7.11 Å². The number of halogens is 2. The van der Waals surface area contributed by atoms with Gasteiger partial charge in [0.05, 0.1) is 13.2 Å². The van der Waals surface area contributed by atoms with Gasteiger partial charge in [-0.3, -0.25) is 0 Å². The summed E-state index contributed by atoms with van der Waals surface area (Å²) in [5.41, 5.74) is 8.99. The van der Waals surface area contributed by atoms with Crippen molar-refractivity contribution in [2.75, 3.05) is 7.11 Å². The Morgan fingerprint density at radius 1 is 1.21 bits per heavy atom. The molecule has 0 saturated heterocycles. The first-order chi connectivity index (χ1) is 9.02. The van der Waals surface area contributed by atoms with Crippen LogP contribution in [0, 0.1) is 12.7 Å². The van der Waals surface area contributed by atoms with Gasteiger partial charge in [-0.05, 0) is 47.9 Å². The van der Waals surface area contributed by atoms with E-state index in [9.17, 15) is 4.39 Å². The number of ether oxygens (including phenoxy) is 1. The first-order valence-electron chi connectivity index (χ1n) is 5.88. The van der Waals surface area contributed by atoms with Crippen molar-refractivity contribution in [2.24, 2.45) is 5.73 Å². The largest absolute Gasteiger partial charge is 0.494 e. The van der Waals surface area contributed by atoms with Gasteiger partial charge < -0.3 is 10.5 Å². The second kappa shape index (κ2) is 5.72. The quantitative estimate of drug-likeness (QED) is 0.928. The normalized spacial score (nSPS) is 12.3. The third kappa shape index (κ3) is 2.96. The molecule has 0 fully saturated rings. The van der Waals surface area contributed by atoms with Gasteiger partial charge in [0.2, 0.25) is 0 Å². The van der Waals surface area contributed by atoms with Crippen LogP contribution in [0.3, 0.4) is 0 Å². The van der Waals surface area contributed by atoms with E-state index in [2.05, 4.69) is 15.9 Å². The molecule has 0 amide bonds. The van der Waals surface area contributed by atoms with Crippen LogP contribution in [0.4, 0.5) is 4.39 Å². The lowest BCUT2D eigenvalue weighted by Crippen LogP contribution is -2.13. The van der Waals surface area contributed by atoms with Crippen molar-refractivity contribution >= 4 is 15.9 Å². The molecule has 2 rings (SSSR count). The number of methoxy groups -OCH3 is 1. The molecule has 0 aliphatic carbocycles. The fourth-order valence-corrected chi connectivity index (χ4v) is 2.38. The number of hydrogen-bond donors (Lipinski definition) is 1. The van der Waals surface area contributed by atoms with Gasteiger partial charge in [0.1, 0.15) is 0 Å². The van der Waals surface area contributed by atoms with Crippen LogP contribution >= 0.6 is 15.9 Å². The SMILES string of the molecule is COc1ccc(C(N)c2cc(Br)ccc2C)cc1F. The van der Waals surface area contributed by atoms with Crippen LogP contribution in [0.25, 0.3) is 0 Å². The molecule has 100 valence electrons. The summed E-state index contributed by atoms with van der Waals surface area (Å²) < 4.78 is 19.6. The van der Waals surface area contributed by atoms with Gasteiger partial charge in [0, 0.05) is 4.47 Å². The molecule has 4 heteroatoms. The van der Waals surface area contributed by atoms with Crippen molar-refractivity contribution in [3.05, 3.63) is 63.4 Å². The second-order valence-corrected chi connectivity index (χ2v) is 5.29. The van der Waals surface area contributed by atoms with Gasteiger partial charge >= 0.3 is 0 Å². The molecule has 0 heterocycles. The highest BCUT2D eigenvalue weighted by atomic mass is 79.9. The Bertz CT molecular complexity index is 601. The topological polar surface area (TPSA) is 35.2 Å². The average Bonchev–Trinajstić information content (AvgIpc) is 2.40. The van der Waals surface area contributed by atoms with Gasteiger partial charge in [0.25, 0.3) is 0 Å². The zero-order valence-corrected chi connectivity index (χ0v) is 12.4. The van der Waals surface area contributed by atoms with E-state index in [1.165, 1.54) is 13.2 Å². The molecular formula is C15H15BrFNO. The minimum absolute atomic E-state index is 0.224. The molecule has 19 heavy (non-hydrogen) atoms. The molecule has 0 spiro atoms. The lowest BCUT2D eigenvalue weighted by molar-refractivity contribution is 0.386. The van der Waals surface area contributed by atoms with Crippen molar-refractivity contribution in [1.82, 2.24) is 0 Å². The van der Waals surface area contributed by atoms with Gasteiger partial charge in [-0.25, -0.2) is 4.39 Å². The minimum Gasteiger partial charge on any atom is -0.494 e. The summed E-state index contributed by atoms with van der Waals surface area (Å²) in [5, 5.41) is 0. The van der Waals surface area contributed by atoms with E-state index in [1.807, 2.05) is 25.1 Å². The molecule has 0 bridgehead atoms. The third-order valence-corrected chi connectivity index (χ3v) is 3.60. The highest BCUT2D eigenvalue weighted by Crippen LogP contribution is 2.28. The molecule has 0 saturated carbocycles. The molecule has 2 aromatic rings. The molecule has 2 nitrogen and oxygen atoms in total. The maximum absolute atomic E-state index is 13.7. The summed E-state index contributed by atoms with van der Waals surface area (Å²) >= 11 is 3.42. The van der Waals surface area contributed by atoms with Crippen LogP contribution in [0.5, 0.6) is 5.75 Å². The van der Waals surface area contributed by atoms with Crippen LogP contribution in [0.1, 0.15) is 22.7 Å². The maximum Gasteiger partial charge on any atom is 0.165 e. The van der Waals surface area contributed by atoms with Gasteiger partial charge in [0.15, 0.2) is 11.6 Å². The van der Waals surface area contributed by atoms with E-state index >= 15 is 0 Å². The molecule has 2 aromatic carbocycles. The van der Waals surface area contributed by atoms with Crippen LogP contribution in [-0.2, 0) is 0 Å². The maximum atomic E-state index is 13.7. The number of aryl methyl sites for hydroxylation is 1. The predicted molar refractivity (Wildman–Crippen MR) is 77.9 cm³/mol. The fourth-order valence-electron chi connectivity index (χ4n) is 2.00. The van der Waals surface area contributed by atoms with Crippen molar-refractivity contribution in [2.45, 2.75) is 13.0 Å². The standard InChI is InChI=1S/C15H15BrFNO/c1-9-3-5-11(16)8-12(9)15(18)10-4-6-14(19-2)13(17)7-10/h3-8,15H,18H2,1-2H3. The summed E-state index contributed by atoms with van der Waals surface area (Å²) in [6.45, 7) is 1.99. The Morgan fingerprint density at radius 2 is 1.95 bits per heavy atom. The highest BCUT2D eigenvalue weighted by Gasteiger charge is 2.14. The highest BCUT2D eigenvalue weighted by molar-refractivity contribution is 9.10. The first-order valence-corrected chi connectivity index (χ1v) is 6.67. The smallest absolute Gasteiger partial charge is 0.165 e. The fraction of sp³-hybridized carbons (Fsp3) is 0.200. The average molecular weight is 324 g/mol. The van der Waals surface area contributed by atoms with E-state index in [0.717, 1.165) is 21.2 Å². The summed E-state index contributed by atoms with van der Waals surface area (Å²) in [7, 11) is 1.44. The van der Waals surface area contributed by atoms with Crippen molar-refractivity contribution in [3.8, 4) is 5.75 Å². The number of rotatable bonds is 3. The predicted octanol–water partition coefficient (Wildman–Crippen LogP) is 3.95. The summed E-state index contributed by atoms with van der Waals surface area (Å²) in [5.74, 6) is -0.176. The molecule has 0 aliphatic rings. The molecule has 1 unspecified atom stereocenters. The summed E-state index contributed by atoms with van der Waals surface area (Å²) in [4.78, 5) is 0. The Kier molecular flexibility index (Phi) is 4.22.